The van der Waals surface area contributed by atoms with Gasteiger partial charge in [-0.15, -0.1) is 0 Å². The number of imidazole rings is 1. The largest absolute Gasteiger partial charge is 0.410 e. The molecule has 1 atom stereocenters. The SMILES string of the molecule is CC(C)NC[C@H](n1cnc(-c2ccc(CC(C)(C)C)cc2)c1)C(F)(F)F. The fraction of sp³-hybridized carbons (Fsp3) is 0.550. The van der Waals surface area contributed by atoms with Crippen molar-refractivity contribution in [3.05, 3.63) is 42.4 Å². The lowest BCUT2D eigenvalue weighted by Gasteiger charge is -2.23. The van der Waals surface area contributed by atoms with Crippen LogP contribution >= 0.6 is 0 Å². The monoisotopic (exact) mass is 367 g/mol. The smallest absolute Gasteiger partial charge is 0.323 e. The highest BCUT2D eigenvalue weighted by atomic mass is 19.4. The van der Waals surface area contributed by atoms with Gasteiger partial charge in [0.1, 0.15) is 6.04 Å². The van der Waals surface area contributed by atoms with Crippen molar-refractivity contribution in [2.75, 3.05) is 6.54 Å². The molecule has 3 nitrogen and oxygen atoms in total. The highest BCUT2D eigenvalue weighted by Gasteiger charge is 2.40. The number of hydrogen-bond donors (Lipinski definition) is 1. The number of hydrogen-bond acceptors (Lipinski definition) is 2. The molecule has 0 saturated heterocycles. The van der Waals surface area contributed by atoms with Crippen LogP contribution in [0.1, 0.15) is 46.2 Å². The van der Waals surface area contributed by atoms with E-state index in [1.807, 2.05) is 38.1 Å². The maximum absolute atomic E-state index is 13.4. The molecule has 2 rings (SSSR count). The minimum absolute atomic E-state index is 0.0156. The topological polar surface area (TPSA) is 29.9 Å². The molecule has 0 aliphatic rings. The molecule has 0 aliphatic heterocycles. The zero-order valence-electron chi connectivity index (χ0n) is 16.1. The second kappa shape index (κ2) is 7.82. The van der Waals surface area contributed by atoms with Crippen molar-refractivity contribution < 1.29 is 13.2 Å². The fourth-order valence-corrected chi connectivity index (χ4v) is 2.80. The quantitative estimate of drug-likeness (QED) is 0.757. The van der Waals surface area contributed by atoms with Gasteiger partial charge < -0.3 is 9.88 Å². The van der Waals surface area contributed by atoms with Gasteiger partial charge in [-0.1, -0.05) is 58.9 Å². The molecule has 0 saturated carbocycles. The molecule has 0 spiro atoms. The molecule has 2 aromatic rings. The lowest BCUT2D eigenvalue weighted by atomic mass is 9.88. The molecule has 0 amide bonds. The third kappa shape index (κ3) is 5.87. The van der Waals surface area contributed by atoms with Crippen molar-refractivity contribution >= 4 is 0 Å². The predicted octanol–water partition coefficient (Wildman–Crippen LogP) is 5.24. The van der Waals surface area contributed by atoms with Crippen LogP contribution in [-0.4, -0.2) is 28.3 Å². The van der Waals surface area contributed by atoms with Crippen LogP contribution in [-0.2, 0) is 6.42 Å². The van der Waals surface area contributed by atoms with Gasteiger partial charge in [-0.05, 0) is 17.4 Å². The summed E-state index contributed by atoms with van der Waals surface area (Å²) in [6.07, 6.45) is -0.660. The summed E-state index contributed by atoms with van der Waals surface area (Å²) in [5.74, 6) is 0. The Kier molecular flexibility index (Phi) is 6.17. The van der Waals surface area contributed by atoms with Gasteiger partial charge in [-0.25, -0.2) is 4.98 Å². The molecule has 0 fully saturated rings. The van der Waals surface area contributed by atoms with Gasteiger partial charge in [0.05, 0.1) is 12.0 Å². The van der Waals surface area contributed by atoms with Crippen molar-refractivity contribution in [2.45, 2.75) is 59.3 Å². The minimum Gasteiger partial charge on any atom is -0.323 e. The minimum atomic E-state index is -4.34. The first-order valence-corrected chi connectivity index (χ1v) is 8.88. The van der Waals surface area contributed by atoms with Gasteiger partial charge in [0, 0.05) is 24.3 Å². The van der Waals surface area contributed by atoms with Crippen molar-refractivity contribution in [3.63, 3.8) is 0 Å². The zero-order valence-corrected chi connectivity index (χ0v) is 16.1. The first-order valence-electron chi connectivity index (χ1n) is 8.88. The van der Waals surface area contributed by atoms with Gasteiger partial charge in [0.25, 0.3) is 0 Å². The van der Waals surface area contributed by atoms with Crippen LogP contribution in [0, 0.1) is 5.41 Å². The molecule has 0 aliphatic carbocycles. The Morgan fingerprint density at radius 2 is 1.69 bits per heavy atom. The molecule has 1 N–H and O–H groups in total. The first kappa shape index (κ1) is 20.5. The summed E-state index contributed by atoms with van der Waals surface area (Å²) in [5.41, 5.74) is 2.76. The van der Waals surface area contributed by atoms with Gasteiger partial charge in [0.2, 0.25) is 0 Å². The third-order valence-electron chi connectivity index (χ3n) is 4.04. The molecule has 0 bridgehead atoms. The van der Waals surface area contributed by atoms with E-state index in [2.05, 4.69) is 31.1 Å². The van der Waals surface area contributed by atoms with E-state index in [9.17, 15) is 13.2 Å². The van der Waals surface area contributed by atoms with Crippen LogP contribution in [0.2, 0.25) is 0 Å². The van der Waals surface area contributed by atoms with E-state index in [4.69, 9.17) is 0 Å². The second-order valence-electron chi connectivity index (χ2n) is 8.26. The Balaban J connectivity index is 2.19. The van der Waals surface area contributed by atoms with Gasteiger partial charge in [-0.2, -0.15) is 13.2 Å². The Hall–Kier alpha value is -1.82. The van der Waals surface area contributed by atoms with E-state index < -0.39 is 12.2 Å². The summed E-state index contributed by atoms with van der Waals surface area (Å²) in [7, 11) is 0. The summed E-state index contributed by atoms with van der Waals surface area (Å²) < 4.78 is 41.3. The zero-order chi connectivity index (χ0) is 19.5. The van der Waals surface area contributed by atoms with Gasteiger partial charge >= 0.3 is 6.18 Å². The molecule has 1 heterocycles. The van der Waals surface area contributed by atoms with Crippen LogP contribution in [0.5, 0.6) is 0 Å². The molecule has 26 heavy (non-hydrogen) atoms. The number of benzene rings is 1. The van der Waals surface area contributed by atoms with E-state index in [-0.39, 0.29) is 18.0 Å². The average Bonchev–Trinajstić information content (AvgIpc) is 2.94. The number of rotatable bonds is 6. The molecule has 6 heteroatoms. The van der Waals surface area contributed by atoms with Crippen LogP contribution < -0.4 is 5.32 Å². The van der Waals surface area contributed by atoms with Crippen molar-refractivity contribution in [3.8, 4) is 11.3 Å². The fourth-order valence-electron chi connectivity index (χ4n) is 2.80. The number of alkyl halides is 3. The van der Waals surface area contributed by atoms with E-state index in [0.717, 1.165) is 16.6 Å². The molecule has 0 unspecified atom stereocenters. The third-order valence-corrected chi connectivity index (χ3v) is 4.04. The number of halogens is 3. The number of nitrogens with one attached hydrogen (secondary N) is 1. The molecular formula is C20H28F3N3. The highest BCUT2D eigenvalue weighted by molar-refractivity contribution is 5.58. The molecule has 144 valence electrons. The summed E-state index contributed by atoms with van der Waals surface area (Å²) in [6.45, 7) is 9.99. The standard InChI is InChI=1S/C20H28F3N3/c1-14(2)24-11-18(20(21,22)23)26-12-17(25-13-26)16-8-6-15(7-9-16)10-19(3,4)5/h6-9,12-14,18,24H,10-11H2,1-5H3/t18-/m0/s1. The van der Waals surface area contributed by atoms with Gasteiger partial charge in [0.15, 0.2) is 0 Å². The Bertz CT molecular complexity index is 694. The molecule has 0 radical (unpaired) electrons. The Morgan fingerprint density at radius 1 is 1.08 bits per heavy atom. The summed E-state index contributed by atoms with van der Waals surface area (Å²) >= 11 is 0. The van der Waals surface area contributed by atoms with E-state index in [0.29, 0.717) is 5.69 Å². The van der Waals surface area contributed by atoms with Crippen LogP contribution in [0.25, 0.3) is 11.3 Å². The summed E-state index contributed by atoms with van der Waals surface area (Å²) in [6, 6.07) is 6.22. The molecule has 1 aromatic heterocycles. The summed E-state index contributed by atoms with van der Waals surface area (Å²) in [5, 5.41) is 2.86. The van der Waals surface area contributed by atoms with Crippen LogP contribution in [0.15, 0.2) is 36.8 Å². The normalized spacial score (nSPS) is 14.0. The average molecular weight is 367 g/mol. The second-order valence-corrected chi connectivity index (χ2v) is 8.26. The maximum Gasteiger partial charge on any atom is 0.410 e. The van der Waals surface area contributed by atoms with Crippen molar-refractivity contribution in [2.24, 2.45) is 5.41 Å². The maximum atomic E-state index is 13.4. The van der Waals surface area contributed by atoms with Crippen molar-refractivity contribution in [1.29, 1.82) is 0 Å². The Labute approximate surface area is 153 Å². The van der Waals surface area contributed by atoms with E-state index in [1.165, 1.54) is 18.1 Å². The molecular weight excluding hydrogens is 339 g/mol. The van der Waals surface area contributed by atoms with E-state index in [1.54, 1.807) is 0 Å². The highest BCUT2D eigenvalue weighted by Crippen LogP contribution is 2.31. The van der Waals surface area contributed by atoms with E-state index >= 15 is 0 Å². The van der Waals surface area contributed by atoms with Crippen molar-refractivity contribution in [1.82, 2.24) is 14.9 Å². The Morgan fingerprint density at radius 3 is 2.19 bits per heavy atom. The lowest BCUT2D eigenvalue weighted by molar-refractivity contribution is -0.166. The van der Waals surface area contributed by atoms with Gasteiger partial charge in [-0.3, -0.25) is 0 Å². The number of aromatic nitrogens is 2. The van der Waals surface area contributed by atoms with Crippen LogP contribution in [0.4, 0.5) is 13.2 Å². The molecule has 1 aromatic carbocycles. The lowest BCUT2D eigenvalue weighted by Crippen LogP contribution is -2.37. The first-order chi connectivity index (χ1) is 12.0. The summed E-state index contributed by atoms with van der Waals surface area (Å²) in [4.78, 5) is 4.19. The van der Waals surface area contributed by atoms with Crippen LogP contribution in [0.3, 0.4) is 0 Å². The predicted molar refractivity (Wildman–Crippen MR) is 99.1 cm³/mol. The number of nitrogens with zero attached hydrogens (tertiary/aromatic N) is 2.